The Morgan fingerprint density at radius 1 is 1.09 bits per heavy atom. The number of benzene rings is 2. The minimum Gasteiger partial charge on any atom is -0.388 e. The van der Waals surface area contributed by atoms with Gasteiger partial charge in [-0.05, 0) is 37.7 Å². The number of thioether (sulfide) groups is 2. The number of aromatic nitrogens is 1. The molecule has 0 bridgehead atoms. The summed E-state index contributed by atoms with van der Waals surface area (Å²) in [5.41, 5.74) is 4.81. The van der Waals surface area contributed by atoms with Crippen LogP contribution in [0.15, 0.2) is 65.7 Å². The van der Waals surface area contributed by atoms with Crippen LogP contribution in [0.2, 0.25) is 0 Å². The van der Waals surface area contributed by atoms with Crippen molar-refractivity contribution in [3.8, 4) is 28.5 Å². The number of nitriles is 1. The Morgan fingerprint density at radius 2 is 1.84 bits per heavy atom. The molecule has 0 aliphatic heterocycles. The van der Waals surface area contributed by atoms with Crippen LogP contribution in [0.1, 0.15) is 36.8 Å². The van der Waals surface area contributed by atoms with Crippen molar-refractivity contribution in [1.29, 1.82) is 5.26 Å². The lowest BCUT2D eigenvalue weighted by Gasteiger charge is -2.38. The van der Waals surface area contributed by atoms with Crippen molar-refractivity contribution in [3.05, 3.63) is 71.8 Å². The van der Waals surface area contributed by atoms with Crippen molar-refractivity contribution in [2.24, 2.45) is 0 Å². The molecule has 1 aliphatic carbocycles. The normalized spacial score (nSPS) is 20.6. The Labute approximate surface area is 199 Å². The first-order chi connectivity index (χ1) is 15.5. The summed E-state index contributed by atoms with van der Waals surface area (Å²) >= 11 is 3.27. The summed E-state index contributed by atoms with van der Waals surface area (Å²) in [5.74, 6) is 0.547. The molecular formula is C27H28N2OS2. The first kappa shape index (κ1) is 22.9. The van der Waals surface area contributed by atoms with Gasteiger partial charge in [-0.3, -0.25) is 0 Å². The van der Waals surface area contributed by atoms with Crippen LogP contribution in [-0.4, -0.2) is 33.0 Å². The number of rotatable bonds is 6. The van der Waals surface area contributed by atoms with Gasteiger partial charge in [0.15, 0.2) is 0 Å². The lowest BCUT2D eigenvalue weighted by Crippen LogP contribution is -2.45. The molecule has 1 aromatic heterocycles. The zero-order valence-corrected chi connectivity index (χ0v) is 20.2. The lowest BCUT2D eigenvalue weighted by atomic mass is 9.86. The number of pyridine rings is 1. The number of aliphatic hydroxyl groups is 1. The molecule has 1 aliphatic rings. The summed E-state index contributed by atoms with van der Waals surface area (Å²) in [6.07, 6.45) is 6.13. The topological polar surface area (TPSA) is 56.9 Å². The highest BCUT2D eigenvalue weighted by molar-refractivity contribution is 8.00. The summed E-state index contributed by atoms with van der Waals surface area (Å²) in [7, 11) is 0. The molecule has 3 aromatic rings. The van der Waals surface area contributed by atoms with Crippen molar-refractivity contribution >= 4 is 23.5 Å². The van der Waals surface area contributed by atoms with Crippen LogP contribution in [0.5, 0.6) is 0 Å². The third-order valence-electron chi connectivity index (χ3n) is 6.20. The van der Waals surface area contributed by atoms with Crippen LogP contribution in [0.25, 0.3) is 22.4 Å². The fourth-order valence-corrected chi connectivity index (χ4v) is 6.68. The van der Waals surface area contributed by atoms with E-state index in [1.807, 2.05) is 36.4 Å². The van der Waals surface area contributed by atoms with Gasteiger partial charge in [-0.25, -0.2) is 4.98 Å². The van der Waals surface area contributed by atoms with Gasteiger partial charge >= 0.3 is 0 Å². The zero-order chi connectivity index (χ0) is 22.6. The van der Waals surface area contributed by atoms with Crippen LogP contribution in [0.3, 0.4) is 0 Å². The van der Waals surface area contributed by atoms with E-state index in [1.54, 1.807) is 11.8 Å². The fraction of sp³-hybridized carbons (Fsp3) is 0.333. The predicted octanol–water partition coefficient (Wildman–Crippen LogP) is 6.72. The van der Waals surface area contributed by atoms with Crippen LogP contribution in [0, 0.1) is 18.3 Å². The van der Waals surface area contributed by atoms with E-state index in [2.05, 4.69) is 43.5 Å². The second-order valence-electron chi connectivity index (χ2n) is 8.44. The Bertz CT molecular complexity index is 1110. The van der Waals surface area contributed by atoms with Crippen molar-refractivity contribution < 1.29 is 5.11 Å². The summed E-state index contributed by atoms with van der Waals surface area (Å²) in [6, 6.07) is 22.8. The number of hydrogen-bond donors (Lipinski definition) is 1. The molecule has 1 fully saturated rings. The molecule has 3 nitrogen and oxygen atoms in total. The zero-order valence-electron chi connectivity index (χ0n) is 18.5. The van der Waals surface area contributed by atoms with Gasteiger partial charge in [0.1, 0.15) is 11.1 Å². The first-order valence-corrected chi connectivity index (χ1v) is 13.3. The minimum atomic E-state index is -0.733. The molecule has 2 aromatic carbocycles. The van der Waals surface area contributed by atoms with Crippen LogP contribution in [-0.2, 0) is 0 Å². The van der Waals surface area contributed by atoms with E-state index < -0.39 is 5.60 Å². The average molecular weight is 461 g/mol. The number of nitrogens with zero attached hydrogens (tertiary/aromatic N) is 2. The summed E-state index contributed by atoms with van der Waals surface area (Å²) in [4.78, 5) is 4.92. The molecule has 2 atom stereocenters. The Morgan fingerprint density at radius 3 is 2.53 bits per heavy atom. The second-order valence-corrected chi connectivity index (χ2v) is 10.4. The smallest absolute Gasteiger partial charge is 0.115 e. The molecule has 164 valence electrons. The second kappa shape index (κ2) is 10.1. The quantitative estimate of drug-likeness (QED) is 0.414. The molecular weight excluding hydrogens is 432 g/mol. The third-order valence-corrected chi connectivity index (χ3v) is 8.66. The molecule has 0 saturated heterocycles. The van der Waals surface area contributed by atoms with Crippen LogP contribution >= 0.6 is 23.5 Å². The maximum absolute atomic E-state index is 11.4. The molecule has 1 heterocycles. The van der Waals surface area contributed by atoms with Crippen molar-refractivity contribution in [3.63, 3.8) is 0 Å². The molecule has 1 N–H and O–H groups in total. The van der Waals surface area contributed by atoms with Crippen molar-refractivity contribution in [2.75, 3.05) is 12.0 Å². The van der Waals surface area contributed by atoms with Gasteiger partial charge in [-0.1, -0.05) is 73.0 Å². The highest BCUT2D eigenvalue weighted by Crippen LogP contribution is 2.41. The highest BCUT2D eigenvalue weighted by Gasteiger charge is 2.38. The average Bonchev–Trinajstić information content (AvgIpc) is 2.83. The van der Waals surface area contributed by atoms with Crippen LogP contribution in [0.4, 0.5) is 0 Å². The number of aryl methyl sites for hydroxylation is 1. The highest BCUT2D eigenvalue weighted by atomic mass is 32.2. The van der Waals surface area contributed by atoms with Gasteiger partial charge in [0.25, 0.3) is 0 Å². The van der Waals surface area contributed by atoms with Gasteiger partial charge in [0.2, 0.25) is 0 Å². The number of hydrogen-bond acceptors (Lipinski definition) is 5. The molecule has 0 amide bonds. The molecule has 1 saturated carbocycles. The van der Waals surface area contributed by atoms with Gasteiger partial charge in [-0.2, -0.15) is 17.0 Å². The van der Waals surface area contributed by atoms with E-state index >= 15 is 0 Å². The van der Waals surface area contributed by atoms with E-state index in [9.17, 15) is 10.4 Å². The molecule has 32 heavy (non-hydrogen) atoms. The van der Waals surface area contributed by atoms with E-state index in [1.165, 1.54) is 23.7 Å². The summed E-state index contributed by atoms with van der Waals surface area (Å²) in [6.45, 7) is 2.07. The lowest BCUT2D eigenvalue weighted by molar-refractivity contribution is 0.0340. The van der Waals surface area contributed by atoms with Crippen LogP contribution < -0.4 is 0 Å². The van der Waals surface area contributed by atoms with E-state index in [-0.39, 0.29) is 5.25 Å². The van der Waals surface area contributed by atoms with Gasteiger partial charge in [0, 0.05) is 22.1 Å². The van der Waals surface area contributed by atoms with Gasteiger partial charge in [-0.15, -0.1) is 11.8 Å². The first-order valence-electron chi connectivity index (χ1n) is 11.0. The monoisotopic (exact) mass is 460 g/mol. The summed E-state index contributed by atoms with van der Waals surface area (Å²) in [5, 5.41) is 22.4. The summed E-state index contributed by atoms with van der Waals surface area (Å²) < 4.78 is 0. The Balaban J connectivity index is 1.77. The molecule has 5 heteroatoms. The SMILES string of the molecule is CS[C@H]1CCCC[C@@]1(O)CSc1nc(-c2ccc(C)cc2)cc(-c2ccccc2)c1C#N. The molecule has 4 rings (SSSR count). The van der Waals surface area contributed by atoms with E-state index in [0.717, 1.165) is 41.6 Å². The van der Waals surface area contributed by atoms with E-state index in [4.69, 9.17) is 4.98 Å². The molecule has 0 radical (unpaired) electrons. The predicted molar refractivity (Wildman–Crippen MR) is 136 cm³/mol. The van der Waals surface area contributed by atoms with E-state index in [0.29, 0.717) is 16.3 Å². The fourth-order valence-electron chi connectivity index (χ4n) is 4.34. The Hall–Kier alpha value is -2.26. The largest absolute Gasteiger partial charge is 0.388 e. The van der Waals surface area contributed by atoms with Crippen molar-refractivity contribution in [2.45, 2.75) is 48.5 Å². The Kier molecular flexibility index (Phi) is 7.25. The maximum Gasteiger partial charge on any atom is 0.115 e. The van der Waals surface area contributed by atoms with Gasteiger partial charge < -0.3 is 5.11 Å². The maximum atomic E-state index is 11.4. The molecule has 0 unspecified atom stereocenters. The minimum absolute atomic E-state index is 0.225. The van der Waals surface area contributed by atoms with Crippen molar-refractivity contribution in [1.82, 2.24) is 4.98 Å². The molecule has 0 spiro atoms. The third kappa shape index (κ3) is 4.88. The van der Waals surface area contributed by atoms with Gasteiger partial charge in [0.05, 0.1) is 16.9 Å². The standard InChI is InChI=1S/C27H28N2OS2/c1-19-11-13-21(14-12-19)24-16-22(20-8-4-3-5-9-20)23(17-28)26(29-24)32-18-27(30)15-7-6-10-25(27)31-2/h3-5,8-9,11-14,16,25,30H,6-7,10,15,18H2,1-2H3/t25-,27+/m0/s1.